The van der Waals surface area contributed by atoms with E-state index in [9.17, 15) is 4.79 Å². The van der Waals surface area contributed by atoms with E-state index in [0.717, 1.165) is 51.1 Å². The fourth-order valence-corrected chi connectivity index (χ4v) is 3.62. The van der Waals surface area contributed by atoms with Crippen molar-refractivity contribution in [2.24, 2.45) is 16.8 Å². The molecule has 1 atom stereocenters. The Balaban J connectivity index is 1.91. The smallest absolute Gasteiger partial charge is 0.243 e. The van der Waals surface area contributed by atoms with E-state index in [1.165, 1.54) is 32.1 Å². The maximum absolute atomic E-state index is 11.9. The molecule has 1 unspecified atom stereocenters. The van der Waals surface area contributed by atoms with E-state index in [1.54, 1.807) is 19.0 Å². The zero-order valence-corrected chi connectivity index (χ0v) is 16.3. The minimum atomic E-state index is 0.0435. The third kappa shape index (κ3) is 6.84. The van der Waals surface area contributed by atoms with Crippen LogP contribution in [0.25, 0.3) is 0 Å². The second kappa shape index (κ2) is 10.6. The van der Waals surface area contributed by atoms with Crippen LogP contribution in [0.2, 0.25) is 0 Å². The summed E-state index contributed by atoms with van der Waals surface area (Å²) in [6, 6.07) is 0. The summed E-state index contributed by atoms with van der Waals surface area (Å²) in [5, 5.41) is 3.57. The first-order chi connectivity index (χ1) is 12.1. The zero-order chi connectivity index (χ0) is 18.1. The van der Waals surface area contributed by atoms with Crippen LogP contribution < -0.4 is 5.32 Å². The summed E-state index contributed by atoms with van der Waals surface area (Å²) in [5.74, 6) is 2.25. The van der Waals surface area contributed by atoms with E-state index in [-0.39, 0.29) is 12.5 Å². The van der Waals surface area contributed by atoms with Crippen molar-refractivity contribution in [3.05, 3.63) is 0 Å². The van der Waals surface area contributed by atoms with Gasteiger partial charge >= 0.3 is 0 Å². The third-order valence-electron chi connectivity index (χ3n) is 5.28. The van der Waals surface area contributed by atoms with Crippen LogP contribution >= 0.6 is 0 Å². The van der Waals surface area contributed by atoms with Crippen molar-refractivity contribution in [1.29, 1.82) is 0 Å². The van der Waals surface area contributed by atoms with Gasteiger partial charge in [-0.3, -0.25) is 4.79 Å². The molecule has 2 fully saturated rings. The first-order valence-electron chi connectivity index (χ1n) is 9.91. The predicted octanol–water partition coefficient (Wildman–Crippen LogP) is 1.96. The lowest BCUT2D eigenvalue weighted by molar-refractivity contribution is -0.127. The number of hydrogen-bond donors (Lipinski definition) is 1. The van der Waals surface area contributed by atoms with Gasteiger partial charge in [0, 0.05) is 46.3 Å². The quantitative estimate of drug-likeness (QED) is 0.562. The number of amides is 1. The SMILES string of the molecule is CCOCC1CCN(C(=NCC(=O)N(C)C)NCC2CCCCC2)C1. The number of rotatable bonds is 7. The summed E-state index contributed by atoms with van der Waals surface area (Å²) < 4.78 is 5.58. The molecule has 0 aromatic rings. The van der Waals surface area contributed by atoms with E-state index in [4.69, 9.17) is 4.74 Å². The molecule has 25 heavy (non-hydrogen) atoms. The number of guanidine groups is 1. The number of hydrogen-bond acceptors (Lipinski definition) is 3. The molecule has 1 saturated heterocycles. The summed E-state index contributed by atoms with van der Waals surface area (Å²) in [5.41, 5.74) is 0. The van der Waals surface area contributed by atoms with E-state index >= 15 is 0 Å². The van der Waals surface area contributed by atoms with E-state index in [2.05, 4.69) is 15.2 Å². The molecule has 0 spiro atoms. The molecule has 0 aromatic heterocycles. The van der Waals surface area contributed by atoms with E-state index < -0.39 is 0 Å². The molecule has 1 saturated carbocycles. The van der Waals surface area contributed by atoms with Gasteiger partial charge in [-0.2, -0.15) is 0 Å². The number of likely N-dealkylation sites (tertiary alicyclic amines) is 1. The van der Waals surface area contributed by atoms with Crippen molar-refractivity contribution in [2.45, 2.75) is 45.4 Å². The van der Waals surface area contributed by atoms with Gasteiger partial charge in [-0.1, -0.05) is 19.3 Å². The van der Waals surface area contributed by atoms with E-state index in [0.29, 0.717) is 5.92 Å². The molecular formula is C19H36N4O2. The van der Waals surface area contributed by atoms with Gasteiger partial charge in [0.2, 0.25) is 5.91 Å². The van der Waals surface area contributed by atoms with Gasteiger partial charge in [-0.15, -0.1) is 0 Å². The number of aliphatic imine (C=N–C) groups is 1. The van der Waals surface area contributed by atoms with Crippen LogP contribution in [0.3, 0.4) is 0 Å². The highest BCUT2D eigenvalue weighted by molar-refractivity contribution is 5.85. The summed E-state index contributed by atoms with van der Waals surface area (Å²) in [4.78, 5) is 20.5. The summed E-state index contributed by atoms with van der Waals surface area (Å²) in [6.07, 6.45) is 7.82. The van der Waals surface area contributed by atoms with Gasteiger partial charge in [-0.25, -0.2) is 4.99 Å². The minimum Gasteiger partial charge on any atom is -0.381 e. The minimum absolute atomic E-state index is 0.0435. The first kappa shape index (κ1) is 20.0. The van der Waals surface area contributed by atoms with Crippen LogP contribution in [-0.4, -0.2) is 75.2 Å². The Morgan fingerprint density at radius 3 is 2.64 bits per heavy atom. The van der Waals surface area contributed by atoms with Crippen molar-refractivity contribution in [3.8, 4) is 0 Å². The third-order valence-corrected chi connectivity index (χ3v) is 5.28. The van der Waals surface area contributed by atoms with Gasteiger partial charge in [0.1, 0.15) is 6.54 Å². The average Bonchev–Trinajstić information content (AvgIpc) is 3.09. The fourth-order valence-electron chi connectivity index (χ4n) is 3.62. The van der Waals surface area contributed by atoms with E-state index in [1.807, 2.05) is 6.92 Å². The average molecular weight is 353 g/mol. The van der Waals surface area contributed by atoms with Crippen molar-refractivity contribution in [2.75, 3.05) is 53.5 Å². The van der Waals surface area contributed by atoms with Crippen molar-refractivity contribution in [1.82, 2.24) is 15.1 Å². The maximum atomic E-state index is 11.9. The molecule has 1 aliphatic heterocycles. The Hall–Kier alpha value is -1.30. The van der Waals surface area contributed by atoms with Crippen LogP contribution in [0.1, 0.15) is 45.4 Å². The van der Waals surface area contributed by atoms with Gasteiger partial charge in [-0.05, 0) is 32.1 Å². The molecule has 1 aliphatic carbocycles. The van der Waals surface area contributed by atoms with Crippen LogP contribution in [0, 0.1) is 11.8 Å². The second-order valence-electron chi connectivity index (χ2n) is 7.57. The number of carbonyl (C=O) groups excluding carboxylic acids is 1. The number of likely N-dealkylation sites (N-methyl/N-ethyl adjacent to an activating group) is 1. The molecule has 144 valence electrons. The van der Waals surface area contributed by atoms with Crippen LogP contribution in [0.15, 0.2) is 4.99 Å². The molecule has 6 nitrogen and oxygen atoms in total. The molecular weight excluding hydrogens is 316 g/mol. The lowest BCUT2D eigenvalue weighted by Crippen LogP contribution is -2.43. The molecule has 1 amide bonds. The highest BCUT2D eigenvalue weighted by Gasteiger charge is 2.26. The Morgan fingerprint density at radius 1 is 1.20 bits per heavy atom. The largest absolute Gasteiger partial charge is 0.381 e. The lowest BCUT2D eigenvalue weighted by atomic mass is 9.89. The van der Waals surface area contributed by atoms with Gasteiger partial charge < -0.3 is 19.9 Å². The van der Waals surface area contributed by atoms with Crippen LogP contribution in [0.5, 0.6) is 0 Å². The van der Waals surface area contributed by atoms with Gasteiger partial charge in [0.15, 0.2) is 5.96 Å². The molecule has 2 rings (SSSR count). The zero-order valence-electron chi connectivity index (χ0n) is 16.3. The monoisotopic (exact) mass is 352 g/mol. The predicted molar refractivity (Wildman–Crippen MR) is 102 cm³/mol. The Labute approximate surface area is 153 Å². The first-order valence-corrected chi connectivity index (χ1v) is 9.91. The Morgan fingerprint density at radius 2 is 1.96 bits per heavy atom. The number of carbonyl (C=O) groups is 1. The van der Waals surface area contributed by atoms with Crippen molar-refractivity contribution >= 4 is 11.9 Å². The summed E-state index contributed by atoms with van der Waals surface area (Å²) >= 11 is 0. The Bertz CT molecular complexity index is 433. The number of ether oxygens (including phenoxy) is 1. The highest BCUT2D eigenvalue weighted by Crippen LogP contribution is 2.23. The summed E-state index contributed by atoms with van der Waals surface area (Å²) in [7, 11) is 3.56. The standard InChI is InChI=1S/C19H36N4O2/c1-4-25-15-17-10-11-23(14-17)19(21-13-18(24)22(2)3)20-12-16-8-6-5-7-9-16/h16-17H,4-15H2,1-3H3,(H,20,21). The lowest BCUT2D eigenvalue weighted by Gasteiger charge is -2.26. The maximum Gasteiger partial charge on any atom is 0.243 e. The molecule has 1 N–H and O–H groups in total. The van der Waals surface area contributed by atoms with Crippen molar-refractivity contribution < 1.29 is 9.53 Å². The molecule has 0 radical (unpaired) electrons. The van der Waals surface area contributed by atoms with Gasteiger partial charge in [0.05, 0.1) is 6.61 Å². The highest BCUT2D eigenvalue weighted by atomic mass is 16.5. The topological polar surface area (TPSA) is 57.2 Å². The molecule has 2 aliphatic rings. The second-order valence-corrected chi connectivity index (χ2v) is 7.57. The molecule has 0 bridgehead atoms. The van der Waals surface area contributed by atoms with Crippen LogP contribution in [0.4, 0.5) is 0 Å². The molecule has 6 heteroatoms. The molecule has 0 aromatic carbocycles. The normalized spacial score (nSPS) is 22.3. The number of nitrogens with one attached hydrogen (secondary N) is 1. The van der Waals surface area contributed by atoms with Crippen molar-refractivity contribution in [3.63, 3.8) is 0 Å². The Kier molecular flexibility index (Phi) is 8.52. The van der Waals surface area contributed by atoms with Crippen LogP contribution in [-0.2, 0) is 9.53 Å². The fraction of sp³-hybridized carbons (Fsp3) is 0.895. The number of nitrogens with zero attached hydrogens (tertiary/aromatic N) is 3. The summed E-state index contributed by atoms with van der Waals surface area (Å²) in [6.45, 7) is 6.78. The van der Waals surface area contributed by atoms with Gasteiger partial charge in [0.25, 0.3) is 0 Å². The molecule has 1 heterocycles.